The fraction of sp³-hybridized carbons (Fsp3) is 0.625. The summed E-state index contributed by atoms with van der Waals surface area (Å²) in [5, 5.41) is 3.45. The van der Waals surface area contributed by atoms with Gasteiger partial charge in [0.15, 0.2) is 0 Å². The average Bonchev–Trinajstić information content (AvgIpc) is 2.91. The van der Waals surface area contributed by atoms with Crippen LogP contribution in [0.25, 0.3) is 0 Å². The lowest BCUT2D eigenvalue weighted by Gasteiger charge is -2.20. The number of benzene rings is 1. The van der Waals surface area contributed by atoms with Crippen molar-refractivity contribution in [2.45, 2.75) is 51.7 Å². The molecule has 1 fully saturated rings. The largest absolute Gasteiger partial charge is 0.378 e. The minimum Gasteiger partial charge on any atom is -0.378 e. The Morgan fingerprint density at radius 3 is 2.95 bits per heavy atom. The third kappa shape index (κ3) is 4.02. The Balaban J connectivity index is 1.99. The van der Waals surface area contributed by atoms with Crippen molar-refractivity contribution in [2.75, 3.05) is 13.2 Å². The van der Waals surface area contributed by atoms with Crippen molar-refractivity contribution >= 4 is 0 Å². The molecule has 1 aliphatic heterocycles. The fourth-order valence-corrected chi connectivity index (χ4v) is 2.68. The summed E-state index contributed by atoms with van der Waals surface area (Å²) >= 11 is 0. The number of nitrogens with one attached hydrogen (secondary N) is 1. The van der Waals surface area contributed by atoms with Crippen LogP contribution in [0.3, 0.4) is 0 Å². The van der Waals surface area contributed by atoms with Crippen molar-refractivity contribution in [2.24, 2.45) is 0 Å². The zero-order valence-electron chi connectivity index (χ0n) is 11.9. The molecule has 2 atom stereocenters. The van der Waals surface area contributed by atoms with Gasteiger partial charge >= 0.3 is 0 Å². The Hall–Kier alpha value is -0.930. The van der Waals surface area contributed by atoms with Crippen molar-refractivity contribution in [1.29, 1.82) is 0 Å². The van der Waals surface area contributed by atoms with Crippen LogP contribution in [-0.4, -0.2) is 19.3 Å². The molecule has 1 aromatic rings. The van der Waals surface area contributed by atoms with Crippen LogP contribution in [0, 0.1) is 12.7 Å². The van der Waals surface area contributed by atoms with Gasteiger partial charge in [-0.3, -0.25) is 0 Å². The van der Waals surface area contributed by atoms with Crippen molar-refractivity contribution < 1.29 is 9.13 Å². The summed E-state index contributed by atoms with van der Waals surface area (Å²) in [5.41, 5.74) is 1.75. The Kier molecular flexibility index (Phi) is 5.34. The average molecular weight is 265 g/mol. The highest BCUT2D eigenvalue weighted by Crippen LogP contribution is 2.25. The number of halogens is 1. The first-order chi connectivity index (χ1) is 9.20. The van der Waals surface area contributed by atoms with Gasteiger partial charge in [0.2, 0.25) is 0 Å². The molecule has 0 aromatic heterocycles. The van der Waals surface area contributed by atoms with E-state index < -0.39 is 0 Å². The van der Waals surface area contributed by atoms with Gasteiger partial charge in [0, 0.05) is 12.6 Å². The van der Waals surface area contributed by atoms with Crippen molar-refractivity contribution in [3.63, 3.8) is 0 Å². The van der Waals surface area contributed by atoms with Gasteiger partial charge in [0.25, 0.3) is 0 Å². The molecule has 106 valence electrons. The molecule has 3 heteroatoms. The molecule has 0 bridgehead atoms. The SMILES string of the molecule is CCNC(CCC1CCCO1)c1ccc(C)c(F)c1. The molecule has 19 heavy (non-hydrogen) atoms. The highest BCUT2D eigenvalue weighted by Gasteiger charge is 2.19. The Morgan fingerprint density at radius 1 is 1.47 bits per heavy atom. The zero-order chi connectivity index (χ0) is 13.7. The van der Waals surface area contributed by atoms with E-state index in [0.29, 0.717) is 11.7 Å². The van der Waals surface area contributed by atoms with E-state index in [1.165, 1.54) is 12.8 Å². The van der Waals surface area contributed by atoms with E-state index in [0.717, 1.165) is 31.6 Å². The van der Waals surface area contributed by atoms with Gasteiger partial charge in [-0.2, -0.15) is 0 Å². The van der Waals surface area contributed by atoms with Gasteiger partial charge in [-0.05, 0) is 56.3 Å². The van der Waals surface area contributed by atoms with Crippen LogP contribution in [-0.2, 0) is 4.74 Å². The molecule has 0 spiro atoms. The van der Waals surface area contributed by atoms with Crippen molar-refractivity contribution in [3.05, 3.63) is 35.1 Å². The normalized spacial score (nSPS) is 20.7. The summed E-state index contributed by atoms with van der Waals surface area (Å²) in [6.45, 7) is 5.68. The molecule has 0 aliphatic carbocycles. The molecule has 1 heterocycles. The van der Waals surface area contributed by atoms with E-state index >= 15 is 0 Å². The molecule has 1 aliphatic rings. The highest BCUT2D eigenvalue weighted by molar-refractivity contribution is 5.25. The van der Waals surface area contributed by atoms with Gasteiger partial charge in [0.1, 0.15) is 5.82 Å². The molecule has 1 N–H and O–H groups in total. The molecule has 0 saturated carbocycles. The molecule has 1 aromatic carbocycles. The standard InChI is InChI=1S/C16H24FNO/c1-3-18-16(9-8-14-5-4-10-19-14)13-7-6-12(2)15(17)11-13/h6-7,11,14,16,18H,3-5,8-10H2,1-2H3. The van der Waals surface area contributed by atoms with Crippen LogP contribution in [0.2, 0.25) is 0 Å². The van der Waals surface area contributed by atoms with E-state index in [1.54, 1.807) is 13.0 Å². The van der Waals surface area contributed by atoms with Gasteiger partial charge in [0.05, 0.1) is 6.10 Å². The van der Waals surface area contributed by atoms with E-state index in [4.69, 9.17) is 4.74 Å². The van der Waals surface area contributed by atoms with Gasteiger partial charge in [-0.25, -0.2) is 4.39 Å². The molecule has 2 unspecified atom stereocenters. The van der Waals surface area contributed by atoms with E-state index in [2.05, 4.69) is 12.2 Å². The summed E-state index contributed by atoms with van der Waals surface area (Å²) in [6.07, 6.45) is 4.79. The second-order valence-corrected chi connectivity index (χ2v) is 5.33. The molecule has 0 amide bonds. The molecular formula is C16H24FNO. The third-order valence-corrected chi connectivity index (χ3v) is 3.85. The van der Waals surface area contributed by atoms with Crippen LogP contribution in [0.1, 0.15) is 49.8 Å². The first-order valence-electron chi connectivity index (χ1n) is 7.31. The van der Waals surface area contributed by atoms with Gasteiger partial charge in [-0.1, -0.05) is 19.1 Å². The maximum absolute atomic E-state index is 13.7. The topological polar surface area (TPSA) is 21.3 Å². The molecule has 1 saturated heterocycles. The summed E-state index contributed by atoms with van der Waals surface area (Å²) in [7, 11) is 0. The summed E-state index contributed by atoms with van der Waals surface area (Å²) in [5.74, 6) is -0.113. The van der Waals surface area contributed by atoms with Crippen LogP contribution < -0.4 is 5.32 Å². The highest BCUT2D eigenvalue weighted by atomic mass is 19.1. The monoisotopic (exact) mass is 265 g/mol. The number of hydrogen-bond donors (Lipinski definition) is 1. The second kappa shape index (κ2) is 7.01. The predicted octanol–water partition coefficient (Wildman–Crippen LogP) is 3.74. The second-order valence-electron chi connectivity index (χ2n) is 5.33. The number of aryl methyl sites for hydroxylation is 1. The first kappa shape index (κ1) is 14.5. The molecule has 0 radical (unpaired) electrons. The van der Waals surface area contributed by atoms with Crippen LogP contribution >= 0.6 is 0 Å². The molecule has 2 rings (SSSR count). The van der Waals surface area contributed by atoms with Gasteiger partial charge < -0.3 is 10.1 Å². The first-order valence-corrected chi connectivity index (χ1v) is 7.31. The maximum Gasteiger partial charge on any atom is 0.126 e. The van der Waals surface area contributed by atoms with Crippen LogP contribution in [0.4, 0.5) is 4.39 Å². The number of hydrogen-bond acceptors (Lipinski definition) is 2. The third-order valence-electron chi connectivity index (χ3n) is 3.85. The smallest absolute Gasteiger partial charge is 0.126 e. The lowest BCUT2D eigenvalue weighted by Crippen LogP contribution is -2.22. The van der Waals surface area contributed by atoms with Crippen LogP contribution in [0.5, 0.6) is 0 Å². The zero-order valence-corrected chi connectivity index (χ0v) is 11.9. The van der Waals surface area contributed by atoms with E-state index in [1.807, 2.05) is 12.1 Å². The van der Waals surface area contributed by atoms with Crippen molar-refractivity contribution in [3.8, 4) is 0 Å². The Labute approximate surface area is 115 Å². The molecular weight excluding hydrogens is 241 g/mol. The summed E-state index contributed by atoms with van der Waals surface area (Å²) in [4.78, 5) is 0. The number of rotatable bonds is 6. The summed E-state index contributed by atoms with van der Waals surface area (Å²) < 4.78 is 19.3. The minimum absolute atomic E-state index is 0.113. The van der Waals surface area contributed by atoms with Crippen molar-refractivity contribution in [1.82, 2.24) is 5.32 Å². The van der Waals surface area contributed by atoms with Crippen LogP contribution in [0.15, 0.2) is 18.2 Å². The Bertz CT molecular complexity index is 402. The quantitative estimate of drug-likeness (QED) is 0.846. The summed E-state index contributed by atoms with van der Waals surface area (Å²) in [6, 6.07) is 5.78. The predicted molar refractivity (Wildman–Crippen MR) is 75.8 cm³/mol. The lowest BCUT2D eigenvalue weighted by atomic mass is 9.98. The van der Waals surface area contributed by atoms with Gasteiger partial charge in [-0.15, -0.1) is 0 Å². The van der Waals surface area contributed by atoms with E-state index in [-0.39, 0.29) is 11.9 Å². The number of ether oxygens (including phenoxy) is 1. The Morgan fingerprint density at radius 2 is 2.32 bits per heavy atom. The van der Waals surface area contributed by atoms with E-state index in [9.17, 15) is 4.39 Å². The lowest BCUT2D eigenvalue weighted by molar-refractivity contribution is 0.0996. The molecule has 2 nitrogen and oxygen atoms in total. The maximum atomic E-state index is 13.7. The fourth-order valence-electron chi connectivity index (χ4n) is 2.68. The minimum atomic E-state index is -0.113.